The number of aryl methyl sites for hydroxylation is 1. The van der Waals surface area contributed by atoms with Gasteiger partial charge in [0.25, 0.3) is 5.91 Å². The molecule has 2 aromatic heterocycles. The molecule has 21 heavy (non-hydrogen) atoms. The summed E-state index contributed by atoms with van der Waals surface area (Å²) in [5.74, 6) is -0.0361. The highest BCUT2D eigenvalue weighted by atomic mass is 16.1. The first-order valence-corrected chi connectivity index (χ1v) is 7.02. The second-order valence-corrected chi connectivity index (χ2v) is 5.12. The van der Waals surface area contributed by atoms with E-state index in [0.717, 1.165) is 11.9 Å². The van der Waals surface area contributed by atoms with Gasteiger partial charge in [-0.25, -0.2) is 4.57 Å². The lowest BCUT2D eigenvalue weighted by Gasteiger charge is -2.04. The molecular weight excluding hydrogens is 262 g/mol. The van der Waals surface area contributed by atoms with Gasteiger partial charge in [-0.3, -0.25) is 4.79 Å². The third kappa shape index (κ3) is 2.94. The van der Waals surface area contributed by atoms with Gasteiger partial charge in [-0.15, -0.1) is 0 Å². The van der Waals surface area contributed by atoms with Crippen LogP contribution < -0.4 is 9.88 Å². The molecule has 4 heteroatoms. The molecule has 1 amide bonds. The normalized spacial score (nSPS) is 10.7. The topological polar surface area (TPSA) is 48.8 Å². The molecule has 106 valence electrons. The first-order valence-electron chi connectivity index (χ1n) is 7.02. The van der Waals surface area contributed by atoms with Gasteiger partial charge in [0.1, 0.15) is 12.6 Å². The number of hydrogen-bond acceptors (Lipinski definition) is 1. The maximum Gasteiger partial charge on any atom is 0.257 e. The number of benzene rings is 1. The summed E-state index contributed by atoms with van der Waals surface area (Å²) >= 11 is 0. The number of fused-ring (bicyclic) bond motifs is 1. The third-order valence-electron chi connectivity index (χ3n) is 3.56. The summed E-state index contributed by atoms with van der Waals surface area (Å²) in [6, 6.07) is 11.9. The van der Waals surface area contributed by atoms with Gasteiger partial charge in [-0.2, -0.15) is 0 Å². The average molecular weight is 280 g/mol. The summed E-state index contributed by atoms with van der Waals surface area (Å²) in [6.45, 7) is 0.624. The minimum atomic E-state index is -0.0361. The molecule has 0 bridgehead atoms. The molecule has 0 atom stereocenters. The smallest absolute Gasteiger partial charge is 0.257 e. The Bertz CT molecular complexity index is 776. The predicted molar refractivity (Wildman–Crippen MR) is 82.0 cm³/mol. The Kier molecular flexibility index (Phi) is 3.69. The van der Waals surface area contributed by atoms with Gasteiger partial charge in [0.05, 0.1) is 0 Å². The van der Waals surface area contributed by atoms with Crippen LogP contribution in [0.4, 0.5) is 0 Å². The number of hydrogen-bond donors (Lipinski definition) is 2. The Morgan fingerprint density at radius 1 is 1.24 bits per heavy atom. The van der Waals surface area contributed by atoms with Crippen LogP contribution >= 0.6 is 0 Å². The van der Waals surface area contributed by atoms with Crippen molar-refractivity contribution in [1.29, 1.82) is 0 Å². The summed E-state index contributed by atoms with van der Waals surface area (Å²) < 4.78 is 1.87. The van der Waals surface area contributed by atoms with Crippen LogP contribution in [0.1, 0.15) is 15.9 Å². The molecule has 3 aromatic rings. The van der Waals surface area contributed by atoms with Crippen molar-refractivity contribution in [3.05, 3.63) is 66.1 Å². The zero-order valence-corrected chi connectivity index (χ0v) is 12.0. The summed E-state index contributed by atoms with van der Waals surface area (Å²) in [7, 11) is 1.91. The Morgan fingerprint density at radius 2 is 2.10 bits per heavy atom. The number of pyridine rings is 1. The van der Waals surface area contributed by atoms with E-state index in [1.165, 1.54) is 10.9 Å². The lowest BCUT2D eigenvalue weighted by Crippen LogP contribution is -2.31. The summed E-state index contributed by atoms with van der Waals surface area (Å²) in [5, 5.41) is 4.18. The van der Waals surface area contributed by atoms with Crippen LogP contribution in [0.3, 0.4) is 0 Å². The molecule has 0 saturated heterocycles. The maximum absolute atomic E-state index is 12.1. The molecule has 0 unspecified atom stereocenters. The lowest BCUT2D eigenvalue weighted by atomic mass is 10.1. The van der Waals surface area contributed by atoms with E-state index in [1.54, 1.807) is 0 Å². The van der Waals surface area contributed by atoms with Gasteiger partial charge >= 0.3 is 0 Å². The Morgan fingerprint density at radius 3 is 2.95 bits per heavy atom. The maximum atomic E-state index is 12.1. The highest BCUT2D eigenvalue weighted by molar-refractivity contribution is 5.93. The first kappa shape index (κ1) is 13.4. The van der Waals surface area contributed by atoms with Crippen molar-refractivity contribution in [2.24, 2.45) is 7.05 Å². The van der Waals surface area contributed by atoms with Crippen LogP contribution in [0, 0.1) is 0 Å². The van der Waals surface area contributed by atoms with E-state index in [9.17, 15) is 4.79 Å². The van der Waals surface area contributed by atoms with Gasteiger partial charge in [0.15, 0.2) is 12.4 Å². The molecule has 0 spiro atoms. The van der Waals surface area contributed by atoms with Crippen molar-refractivity contribution in [3.63, 3.8) is 0 Å². The average Bonchev–Trinajstić information content (AvgIpc) is 2.91. The molecule has 0 aliphatic carbocycles. The van der Waals surface area contributed by atoms with Crippen LogP contribution in [-0.4, -0.2) is 17.4 Å². The molecule has 3 rings (SSSR count). The molecule has 0 aliphatic rings. The number of aromatic nitrogens is 2. The minimum absolute atomic E-state index is 0.0361. The van der Waals surface area contributed by atoms with Crippen molar-refractivity contribution in [2.45, 2.75) is 6.42 Å². The van der Waals surface area contributed by atoms with Gasteiger partial charge in [-0.1, -0.05) is 18.2 Å². The van der Waals surface area contributed by atoms with E-state index >= 15 is 0 Å². The third-order valence-corrected chi connectivity index (χ3v) is 3.56. The SMILES string of the molecule is C[n+]1cccc(C(=O)NCCc2c[nH]c3ccccc23)c1. The van der Waals surface area contributed by atoms with Crippen molar-refractivity contribution in [2.75, 3.05) is 6.54 Å². The van der Waals surface area contributed by atoms with Crippen LogP contribution in [0.5, 0.6) is 0 Å². The number of para-hydroxylation sites is 1. The quantitative estimate of drug-likeness (QED) is 0.705. The second kappa shape index (κ2) is 5.79. The number of aromatic amines is 1. The molecule has 0 saturated carbocycles. The molecular formula is C17H18N3O+. The molecule has 0 fully saturated rings. The highest BCUT2D eigenvalue weighted by Gasteiger charge is 2.09. The molecule has 2 heterocycles. The molecule has 0 aliphatic heterocycles. The number of carbonyl (C=O) groups is 1. The Balaban J connectivity index is 1.62. The van der Waals surface area contributed by atoms with Gasteiger partial charge < -0.3 is 10.3 Å². The lowest BCUT2D eigenvalue weighted by molar-refractivity contribution is -0.671. The van der Waals surface area contributed by atoms with E-state index in [0.29, 0.717) is 12.1 Å². The fourth-order valence-electron chi connectivity index (χ4n) is 2.47. The van der Waals surface area contributed by atoms with Crippen molar-refractivity contribution < 1.29 is 9.36 Å². The van der Waals surface area contributed by atoms with Crippen molar-refractivity contribution >= 4 is 16.8 Å². The highest BCUT2D eigenvalue weighted by Crippen LogP contribution is 2.17. The number of nitrogens with zero attached hydrogens (tertiary/aromatic N) is 1. The fraction of sp³-hybridized carbons (Fsp3) is 0.176. The molecule has 1 aromatic carbocycles. The van der Waals surface area contributed by atoms with E-state index in [4.69, 9.17) is 0 Å². The van der Waals surface area contributed by atoms with E-state index in [1.807, 2.05) is 54.5 Å². The standard InChI is InChI=1S/C17H17N3O/c1-20-10-4-5-14(12-20)17(21)18-9-8-13-11-19-16-7-3-2-6-15(13)16/h2-7,10-12,19H,8-9H2,1H3/p+1. The number of amides is 1. The van der Waals surface area contributed by atoms with Gasteiger partial charge in [0, 0.05) is 29.7 Å². The second-order valence-electron chi connectivity index (χ2n) is 5.12. The van der Waals surface area contributed by atoms with E-state index < -0.39 is 0 Å². The van der Waals surface area contributed by atoms with E-state index in [2.05, 4.69) is 22.4 Å². The summed E-state index contributed by atoms with van der Waals surface area (Å²) in [5.41, 5.74) is 3.04. The van der Waals surface area contributed by atoms with Crippen LogP contribution in [0.2, 0.25) is 0 Å². The molecule has 2 N–H and O–H groups in total. The predicted octanol–water partition coefficient (Wildman–Crippen LogP) is 1.96. The largest absolute Gasteiger partial charge is 0.361 e. The van der Waals surface area contributed by atoms with Gasteiger partial charge in [0.2, 0.25) is 0 Å². The Labute approximate surface area is 123 Å². The zero-order valence-electron chi connectivity index (χ0n) is 12.0. The number of carbonyl (C=O) groups excluding carboxylic acids is 1. The van der Waals surface area contributed by atoms with Crippen LogP contribution in [0.15, 0.2) is 55.0 Å². The summed E-state index contributed by atoms with van der Waals surface area (Å²) in [6.07, 6.45) is 6.55. The van der Waals surface area contributed by atoms with Crippen LogP contribution in [0.25, 0.3) is 10.9 Å². The number of rotatable bonds is 4. The fourth-order valence-corrected chi connectivity index (χ4v) is 2.47. The minimum Gasteiger partial charge on any atom is -0.361 e. The van der Waals surface area contributed by atoms with Crippen LogP contribution in [-0.2, 0) is 13.5 Å². The van der Waals surface area contributed by atoms with Crippen molar-refractivity contribution in [1.82, 2.24) is 10.3 Å². The zero-order chi connectivity index (χ0) is 14.7. The number of nitrogens with one attached hydrogen (secondary N) is 2. The molecule has 0 radical (unpaired) electrons. The van der Waals surface area contributed by atoms with Crippen molar-refractivity contribution in [3.8, 4) is 0 Å². The monoisotopic (exact) mass is 280 g/mol. The Hall–Kier alpha value is -2.62. The summed E-state index contributed by atoms with van der Waals surface area (Å²) in [4.78, 5) is 15.3. The molecule has 4 nitrogen and oxygen atoms in total. The number of H-pyrrole nitrogens is 1. The van der Waals surface area contributed by atoms with Gasteiger partial charge in [-0.05, 0) is 24.1 Å². The first-order chi connectivity index (χ1) is 10.2. The van der Waals surface area contributed by atoms with E-state index in [-0.39, 0.29) is 5.91 Å².